The summed E-state index contributed by atoms with van der Waals surface area (Å²) in [6.45, 7) is 1.83. The molecule has 0 aromatic rings. The van der Waals surface area contributed by atoms with Crippen LogP contribution < -0.4 is 5.73 Å². The van der Waals surface area contributed by atoms with Gasteiger partial charge in [-0.15, -0.1) is 0 Å². The Morgan fingerprint density at radius 1 is 1.88 bits per heavy atom. The maximum absolute atomic E-state index is 10.3. The van der Waals surface area contributed by atoms with E-state index in [0.717, 1.165) is 5.75 Å². The lowest BCUT2D eigenvalue weighted by molar-refractivity contribution is -0.120. The van der Waals surface area contributed by atoms with Crippen LogP contribution in [0.2, 0.25) is 0 Å². The first kappa shape index (κ1) is 7.82. The van der Waals surface area contributed by atoms with Crippen LogP contribution in [0.3, 0.4) is 0 Å². The number of carbonyl (C=O) groups excluding carboxylic acids is 1. The predicted octanol–water partition coefficient (Wildman–Crippen LogP) is 0.471. The maximum Gasteiger partial charge on any atom is 0.221 e. The molecule has 0 heterocycles. The van der Waals surface area contributed by atoms with Gasteiger partial charge in [0.05, 0.1) is 0 Å². The van der Waals surface area contributed by atoms with E-state index in [4.69, 9.17) is 5.73 Å². The molecule has 0 aromatic heterocycles. The van der Waals surface area contributed by atoms with Crippen molar-refractivity contribution in [1.29, 1.82) is 0 Å². The summed E-state index contributed by atoms with van der Waals surface area (Å²) >= 11 is 1.64. The van der Waals surface area contributed by atoms with E-state index in [-0.39, 0.29) is 11.8 Å². The Bertz CT molecular complexity index is 84.5. The third-order valence-corrected chi connectivity index (χ3v) is 1.74. The van der Waals surface area contributed by atoms with Crippen LogP contribution in [0.15, 0.2) is 0 Å². The van der Waals surface area contributed by atoms with E-state index >= 15 is 0 Å². The van der Waals surface area contributed by atoms with Gasteiger partial charge < -0.3 is 5.73 Å². The second-order valence-electron chi connectivity index (χ2n) is 1.76. The fourth-order valence-corrected chi connectivity index (χ4v) is 0.996. The second-order valence-corrected chi connectivity index (χ2v) is 2.67. The van der Waals surface area contributed by atoms with Crippen molar-refractivity contribution in [1.82, 2.24) is 0 Å². The highest BCUT2D eigenvalue weighted by atomic mass is 32.2. The Morgan fingerprint density at radius 2 is 2.38 bits per heavy atom. The Kier molecular flexibility index (Phi) is 3.69. The van der Waals surface area contributed by atoms with E-state index in [1.165, 1.54) is 0 Å². The summed E-state index contributed by atoms with van der Waals surface area (Å²) in [5.41, 5.74) is 4.97. The van der Waals surface area contributed by atoms with Gasteiger partial charge in [0.25, 0.3) is 0 Å². The molecule has 0 aromatic carbocycles. The smallest absolute Gasteiger partial charge is 0.221 e. The lowest BCUT2D eigenvalue weighted by Gasteiger charge is -2.01. The molecule has 1 amide bonds. The molecule has 0 aliphatic carbocycles. The molecule has 0 rings (SSSR count). The van der Waals surface area contributed by atoms with Gasteiger partial charge in [0.1, 0.15) is 0 Å². The maximum atomic E-state index is 10.3. The summed E-state index contributed by atoms with van der Waals surface area (Å²) < 4.78 is 0. The van der Waals surface area contributed by atoms with E-state index in [1.807, 2.05) is 13.2 Å². The molecule has 0 aliphatic heterocycles. The van der Waals surface area contributed by atoms with Crippen molar-refractivity contribution in [2.45, 2.75) is 6.92 Å². The molecular weight excluding hydrogens is 122 g/mol. The van der Waals surface area contributed by atoms with Crippen LogP contribution in [-0.4, -0.2) is 17.9 Å². The van der Waals surface area contributed by atoms with E-state index in [1.54, 1.807) is 11.8 Å². The van der Waals surface area contributed by atoms with Crippen molar-refractivity contribution in [3.8, 4) is 0 Å². The van der Waals surface area contributed by atoms with Crippen molar-refractivity contribution in [3.05, 3.63) is 0 Å². The van der Waals surface area contributed by atoms with E-state index < -0.39 is 0 Å². The Hall–Kier alpha value is -0.180. The van der Waals surface area contributed by atoms with Gasteiger partial charge in [-0.05, 0) is 6.26 Å². The number of carbonyl (C=O) groups is 1. The fourth-order valence-electron chi connectivity index (χ4n) is 0.332. The number of rotatable bonds is 3. The van der Waals surface area contributed by atoms with Gasteiger partial charge in [-0.1, -0.05) is 6.92 Å². The molecule has 48 valence electrons. The molecule has 0 fully saturated rings. The minimum atomic E-state index is -0.209. The number of hydrogen-bond donors (Lipinski definition) is 1. The Morgan fingerprint density at radius 3 is 2.50 bits per heavy atom. The van der Waals surface area contributed by atoms with E-state index in [9.17, 15) is 4.79 Å². The molecule has 0 spiro atoms. The Balaban J connectivity index is 3.32. The minimum Gasteiger partial charge on any atom is -0.369 e. The molecule has 2 N–H and O–H groups in total. The van der Waals surface area contributed by atoms with Crippen LogP contribution in [0.1, 0.15) is 6.92 Å². The molecule has 0 bridgehead atoms. The Labute approximate surface area is 53.8 Å². The molecule has 0 saturated carbocycles. The third-order valence-electron chi connectivity index (χ3n) is 0.902. The summed E-state index contributed by atoms with van der Waals surface area (Å²) in [6.07, 6.45) is 1.96. The summed E-state index contributed by atoms with van der Waals surface area (Å²) in [5.74, 6) is 0.638. The monoisotopic (exact) mass is 133 g/mol. The highest BCUT2D eigenvalue weighted by Gasteiger charge is 2.05. The zero-order valence-electron chi connectivity index (χ0n) is 5.18. The number of hydrogen-bond acceptors (Lipinski definition) is 2. The molecule has 3 heteroatoms. The lowest BCUT2D eigenvalue weighted by atomic mass is 10.2. The van der Waals surface area contributed by atoms with Crippen LogP contribution in [0.4, 0.5) is 0 Å². The molecular formula is C5H11NOS. The number of nitrogens with two attached hydrogens (primary N) is 1. The highest BCUT2D eigenvalue weighted by Crippen LogP contribution is 2.01. The quantitative estimate of drug-likeness (QED) is 0.608. The van der Waals surface area contributed by atoms with Gasteiger partial charge in [0.2, 0.25) is 5.91 Å². The molecule has 1 atom stereocenters. The molecule has 8 heavy (non-hydrogen) atoms. The van der Waals surface area contributed by atoms with Gasteiger partial charge in [-0.2, -0.15) is 11.8 Å². The first-order valence-corrected chi connectivity index (χ1v) is 3.86. The summed E-state index contributed by atoms with van der Waals surface area (Å²) in [7, 11) is 0. The van der Waals surface area contributed by atoms with E-state index in [0.29, 0.717) is 0 Å². The first-order valence-electron chi connectivity index (χ1n) is 2.46. The number of thioether (sulfide) groups is 1. The van der Waals surface area contributed by atoms with Crippen LogP contribution in [0, 0.1) is 5.92 Å². The number of amides is 1. The summed E-state index contributed by atoms with van der Waals surface area (Å²) in [5, 5.41) is 0. The highest BCUT2D eigenvalue weighted by molar-refractivity contribution is 7.98. The summed E-state index contributed by atoms with van der Waals surface area (Å²) in [4.78, 5) is 10.3. The zero-order chi connectivity index (χ0) is 6.57. The largest absolute Gasteiger partial charge is 0.369 e. The van der Waals surface area contributed by atoms with E-state index in [2.05, 4.69) is 0 Å². The van der Waals surface area contributed by atoms with Crippen molar-refractivity contribution >= 4 is 17.7 Å². The van der Waals surface area contributed by atoms with Crippen LogP contribution in [0.25, 0.3) is 0 Å². The van der Waals surface area contributed by atoms with Gasteiger partial charge >= 0.3 is 0 Å². The third kappa shape index (κ3) is 2.91. The van der Waals surface area contributed by atoms with Gasteiger partial charge in [-0.3, -0.25) is 4.79 Å². The standard InChI is InChI=1S/C5H11NOS/c1-4(3-8-2)5(6)7/h4H,3H2,1-2H3,(H2,6,7). The van der Waals surface area contributed by atoms with Crippen molar-refractivity contribution < 1.29 is 4.79 Å². The average molecular weight is 133 g/mol. The minimum absolute atomic E-state index is 0.0185. The van der Waals surface area contributed by atoms with Crippen molar-refractivity contribution in [3.63, 3.8) is 0 Å². The molecule has 0 radical (unpaired) electrons. The van der Waals surface area contributed by atoms with Gasteiger partial charge in [0, 0.05) is 11.7 Å². The first-order chi connectivity index (χ1) is 3.68. The zero-order valence-corrected chi connectivity index (χ0v) is 5.99. The van der Waals surface area contributed by atoms with Crippen molar-refractivity contribution in [2.24, 2.45) is 11.7 Å². The van der Waals surface area contributed by atoms with Gasteiger partial charge in [0.15, 0.2) is 0 Å². The van der Waals surface area contributed by atoms with Crippen LogP contribution >= 0.6 is 11.8 Å². The lowest BCUT2D eigenvalue weighted by Crippen LogP contribution is -2.21. The summed E-state index contributed by atoms with van der Waals surface area (Å²) in [6, 6.07) is 0. The predicted molar refractivity (Wildman–Crippen MR) is 36.7 cm³/mol. The second kappa shape index (κ2) is 3.78. The topological polar surface area (TPSA) is 43.1 Å². The average Bonchev–Trinajstić information content (AvgIpc) is 1.67. The molecule has 0 aliphatic rings. The SMILES string of the molecule is CSCC(C)C(N)=O. The normalized spacial score (nSPS) is 13.2. The van der Waals surface area contributed by atoms with Gasteiger partial charge in [-0.25, -0.2) is 0 Å². The van der Waals surface area contributed by atoms with Crippen LogP contribution in [0.5, 0.6) is 0 Å². The molecule has 2 nitrogen and oxygen atoms in total. The molecule has 1 unspecified atom stereocenters. The van der Waals surface area contributed by atoms with Crippen molar-refractivity contribution in [2.75, 3.05) is 12.0 Å². The fraction of sp³-hybridized carbons (Fsp3) is 0.800. The number of primary amides is 1. The van der Waals surface area contributed by atoms with Crippen LogP contribution in [-0.2, 0) is 4.79 Å². The molecule has 0 saturated heterocycles.